The van der Waals surface area contributed by atoms with E-state index in [1.165, 1.54) is 16.0 Å². The van der Waals surface area contributed by atoms with Gasteiger partial charge in [0.15, 0.2) is 5.96 Å². The number of aliphatic imine (C=N–C) groups is 1. The lowest BCUT2D eigenvalue weighted by Crippen LogP contribution is -2.37. The van der Waals surface area contributed by atoms with E-state index in [2.05, 4.69) is 74.2 Å². The second-order valence-corrected chi connectivity index (χ2v) is 7.10. The molecule has 0 radical (unpaired) electrons. The third-order valence-corrected chi connectivity index (χ3v) is 4.91. The lowest BCUT2D eigenvalue weighted by molar-refractivity contribution is 0.683. The smallest absolute Gasteiger partial charge is 0.191 e. The zero-order valence-electron chi connectivity index (χ0n) is 15.4. The summed E-state index contributed by atoms with van der Waals surface area (Å²) in [6.45, 7) is 2.29. The Hall–Kier alpha value is -2.80. The highest BCUT2D eigenvalue weighted by molar-refractivity contribution is 7.99. The number of thioether (sulfide) groups is 1. The molecule has 7 heteroatoms. The quantitative estimate of drug-likeness (QED) is 0.272. The summed E-state index contributed by atoms with van der Waals surface area (Å²) < 4.78 is 1.82. The lowest BCUT2D eigenvalue weighted by Gasteiger charge is -2.12. The fraction of sp³-hybridized carbons (Fsp3) is 0.250. The van der Waals surface area contributed by atoms with Crippen molar-refractivity contribution in [2.75, 3.05) is 19.3 Å². The maximum Gasteiger partial charge on any atom is 0.191 e. The molecule has 0 atom stereocenters. The molecular weight excluding hydrogens is 356 g/mol. The van der Waals surface area contributed by atoms with Gasteiger partial charge in [0, 0.05) is 30.8 Å². The fourth-order valence-corrected chi connectivity index (χ4v) is 3.39. The van der Waals surface area contributed by atoms with Gasteiger partial charge in [0.05, 0.1) is 6.54 Å². The van der Waals surface area contributed by atoms with Crippen molar-refractivity contribution in [1.29, 1.82) is 0 Å². The van der Waals surface area contributed by atoms with Gasteiger partial charge < -0.3 is 10.6 Å². The molecule has 0 fully saturated rings. The van der Waals surface area contributed by atoms with Crippen molar-refractivity contribution in [1.82, 2.24) is 25.4 Å². The van der Waals surface area contributed by atoms with E-state index in [1.807, 2.05) is 22.5 Å². The minimum Gasteiger partial charge on any atom is -0.356 e. The van der Waals surface area contributed by atoms with Crippen LogP contribution in [0, 0.1) is 0 Å². The molecule has 0 aliphatic rings. The largest absolute Gasteiger partial charge is 0.356 e. The summed E-state index contributed by atoms with van der Waals surface area (Å²) in [7, 11) is 1.79. The molecule has 1 aromatic heterocycles. The minimum atomic E-state index is 0.719. The average molecular weight is 381 g/mol. The fourth-order valence-electron chi connectivity index (χ4n) is 2.60. The van der Waals surface area contributed by atoms with Gasteiger partial charge >= 0.3 is 0 Å². The van der Waals surface area contributed by atoms with Gasteiger partial charge in [-0.25, -0.2) is 9.67 Å². The molecule has 0 spiro atoms. The summed E-state index contributed by atoms with van der Waals surface area (Å²) in [4.78, 5) is 9.56. The molecule has 0 unspecified atom stereocenters. The maximum atomic E-state index is 4.29. The normalized spacial score (nSPS) is 11.4. The zero-order valence-corrected chi connectivity index (χ0v) is 16.2. The Morgan fingerprint density at radius 3 is 2.70 bits per heavy atom. The lowest BCUT2D eigenvalue weighted by atomic mass is 10.1. The summed E-state index contributed by atoms with van der Waals surface area (Å²) in [5, 5.41) is 10.9. The Labute approximate surface area is 164 Å². The van der Waals surface area contributed by atoms with Crippen LogP contribution in [-0.2, 0) is 13.1 Å². The van der Waals surface area contributed by atoms with Crippen molar-refractivity contribution in [3.8, 4) is 0 Å². The summed E-state index contributed by atoms with van der Waals surface area (Å²) in [5.41, 5.74) is 2.40. The topological polar surface area (TPSA) is 67.1 Å². The molecule has 0 bridgehead atoms. The second-order valence-electron chi connectivity index (χ2n) is 5.93. The molecular formula is C20H24N6S. The molecule has 3 aromatic rings. The average Bonchev–Trinajstić information content (AvgIpc) is 3.21. The zero-order chi connectivity index (χ0) is 18.7. The van der Waals surface area contributed by atoms with Crippen molar-refractivity contribution >= 4 is 17.7 Å². The van der Waals surface area contributed by atoms with Crippen LogP contribution < -0.4 is 10.6 Å². The van der Waals surface area contributed by atoms with Gasteiger partial charge in [0.1, 0.15) is 12.7 Å². The van der Waals surface area contributed by atoms with Gasteiger partial charge in [-0.3, -0.25) is 4.99 Å². The number of hydrogen-bond acceptors (Lipinski definition) is 4. The molecule has 0 aliphatic carbocycles. The number of hydrogen-bond donors (Lipinski definition) is 2. The molecule has 27 heavy (non-hydrogen) atoms. The highest BCUT2D eigenvalue weighted by Crippen LogP contribution is 2.15. The summed E-state index contributed by atoms with van der Waals surface area (Å²) >= 11 is 1.83. The van der Waals surface area contributed by atoms with Gasteiger partial charge in [-0.15, -0.1) is 11.8 Å². The number of nitrogens with one attached hydrogen (secondary N) is 2. The number of guanidine groups is 1. The Morgan fingerprint density at radius 1 is 1.07 bits per heavy atom. The second kappa shape index (κ2) is 10.4. The van der Waals surface area contributed by atoms with Crippen molar-refractivity contribution in [2.45, 2.75) is 18.0 Å². The molecule has 6 nitrogen and oxygen atoms in total. The first-order valence-electron chi connectivity index (χ1n) is 8.86. The van der Waals surface area contributed by atoms with E-state index in [-0.39, 0.29) is 0 Å². The van der Waals surface area contributed by atoms with Crippen LogP contribution in [0.3, 0.4) is 0 Å². The molecule has 0 saturated heterocycles. The van der Waals surface area contributed by atoms with Crippen LogP contribution >= 0.6 is 11.8 Å². The maximum absolute atomic E-state index is 4.29. The van der Waals surface area contributed by atoms with Crippen molar-refractivity contribution in [3.05, 3.63) is 78.4 Å². The summed E-state index contributed by atoms with van der Waals surface area (Å²) in [6.07, 6.45) is 3.28. The van der Waals surface area contributed by atoms with E-state index >= 15 is 0 Å². The standard InChI is InChI=1S/C20H24N6S/c1-21-20(23-10-11-27-19-8-3-2-4-9-19)24-13-17-6-5-7-18(12-17)14-26-16-22-15-25-26/h2-9,12,15-16H,10-11,13-14H2,1H3,(H2,21,23,24). The summed E-state index contributed by atoms with van der Waals surface area (Å²) in [6, 6.07) is 18.9. The van der Waals surface area contributed by atoms with Crippen LogP contribution in [0.15, 0.2) is 77.1 Å². The first-order chi connectivity index (χ1) is 13.3. The van der Waals surface area contributed by atoms with E-state index in [4.69, 9.17) is 0 Å². The van der Waals surface area contributed by atoms with Gasteiger partial charge in [-0.1, -0.05) is 42.5 Å². The third-order valence-electron chi connectivity index (χ3n) is 3.89. The van der Waals surface area contributed by atoms with Crippen LogP contribution in [0.25, 0.3) is 0 Å². The monoisotopic (exact) mass is 380 g/mol. The van der Waals surface area contributed by atoms with E-state index in [0.717, 1.165) is 31.3 Å². The van der Waals surface area contributed by atoms with Gasteiger partial charge in [0.25, 0.3) is 0 Å². The Balaban J connectivity index is 1.42. The van der Waals surface area contributed by atoms with Crippen molar-refractivity contribution in [3.63, 3.8) is 0 Å². The first-order valence-corrected chi connectivity index (χ1v) is 9.84. The van der Waals surface area contributed by atoms with Crippen LogP contribution in [-0.4, -0.2) is 40.1 Å². The molecule has 1 heterocycles. The number of aromatic nitrogens is 3. The number of nitrogens with zero attached hydrogens (tertiary/aromatic N) is 4. The van der Waals surface area contributed by atoms with Crippen LogP contribution in [0.5, 0.6) is 0 Å². The van der Waals surface area contributed by atoms with E-state index in [0.29, 0.717) is 0 Å². The van der Waals surface area contributed by atoms with E-state index in [1.54, 1.807) is 19.7 Å². The van der Waals surface area contributed by atoms with Crippen LogP contribution in [0.4, 0.5) is 0 Å². The molecule has 2 aromatic carbocycles. The van der Waals surface area contributed by atoms with E-state index in [9.17, 15) is 0 Å². The molecule has 0 amide bonds. The first kappa shape index (κ1) is 19.0. The Morgan fingerprint density at radius 2 is 1.93 bits per heavy atom. The highest BCUT2D eigenvalue weighted by Gasteiger charge is 2.01. The third kappa shape index (κ3) is 6.45. The molecule has 3 rings (SSSR count). The van der Waals surface area contributed by atoms with Crippen LogP contribution in [0.1, 0.15) is 11.1 Å². The Bertz CT molecular complexity index is 833. The van der Waals surface area contributed by atoms with Gasteiger partial charge in [-0.05, 0) is 23.3 Å². The highest BCUT2D eigenvalue weighted by atomic mass is 32.2. The van der Waals surface area contributed by atoms with Crippen molar-refractivity contribution in [2.24, 2.45) is 4.99 Å². The van der Waals surface area contributed by atoms with Gasteiger partial charge in [0.2, 0.25) is 0 Å². The predicted octanol–water partition coefficient (Wildman–Crippen LogP) is 2.78. The molecule has 2 N–H and O–H groups in total. The van der Waals surface area contributed by atoms with Gasteiger partial charge in [-0.2, -0.15) is 5.10 Å². The summed E-state index contributed by atoms with van der Waals surface area (Å²) in [5.74, 6) is 1.79. The van der Waals surface area contributed by atoms with E-state index < -0.39 is 0 Å². The minimum absolute atomic E-state index is 0.719. The molecule has 0 saturated carbocycles. The Kier molecular flexibility index (Phi) is 7.29. The van der Waals surface area contributed by atoms with Crippen molar-refractivity contribution < 1.29 is 0 Å². The predicted molar refractivity (Wildman–Crippen MR) is 111 cm³/mol. The number of benzene rings is 2. The molecule has 140 valence electrons. The number of rotatable bonds is 8. The SMILES string of the molecule is CN=C(NCCSc1ccccc1)NCc1cccc(Cn2cncn2)c1. The van der Waals surface area contributed by atoms with Crippen LogP contribution in [0.2, 0.25) is 0 Å². The molecule has 0 aliphatic heterocycles.